The van der Waals surface area contributed by atoms with E-state index in [-0.39, 0.29) is 11.4 Å². The van der Waals surface area contributed by atoms with Crippen LogP contribution < -0.4 is 5.32 Å². The first-order chi connectivity index (χ1) is 5.75. The first-order valence-corrected chi connectivity index (χ1v) is 3.19. The molecule has 0 radical (unpaired) electrons. The number of carbonyl (C=O) groups excluding carboxylic acids is 1. The second-order valence-corrected chi connectivity index (χ2v) is 2.04. The number of carbonyl (C=O) groups is 1. The number of anilines is 1. The molecule has 0 saturated heterocycles. The summed E-state index contributed by atoms with van der Waals surface area (Å²) in [6.45, 7) is 0. The maximum Gasteiger partial charge on any atom is 0.292 e. The summed E-state index contributed by atoms with van der Waals surface area (Å²) in [7, 11) is 0. The highest BCUT2D eigenvalue weighted by Gasteiger charge is 2.10. The lowest BCUT2D eigenvalue weighted by Crippen LogP contribution is -1.98. The summed E-state index contributed by atoms with van der Waals surface area (Å²) in [5, 5.41) is 12.6. The zero-order valence-corrected chi connectivity index (χ0v) is 6.06. The van der Waals surface area contributed by atoms with Crippen LogP contribution in [0.25, 0.3) is 0 Å². The molecule has 0 aromatic heterocycles. The second kappa shape index (κ2) is 3.47. The normalized spacial score (nSPS) is 9.00. The molecule has 0 heterocycles. The van der Waals surface area contributed by atoms with Gasteiger partial charge in [-0.15, -0.1) is 0 Å². The van der Waals surface area contributed by atoms with Gasteiger partial charge in [0, 0.05) is 6.07 Å². The van der Waals surface area contributed by atoms with Crippen molar-refractivity contribution in [1.29, 1.82) is 0 Å². The van der Waals surface area contributed by atoms with E-state index in [0.717, 1.165) is 0 Å². The number of benzene rings is 1. The Morgan fingerprint density at radius 1 is 1.42 bits per heavy atom. The fourth-order valence-electron chi connectivity index (χ4n) is 0.818. The zero-order valence-electron chi connectivity index (χ0n) is 6.06. The van der Waals surface area contributed by atoms with E-state index in [9.17, 15) is 14.9 Å². The van der Waals surface area contributed by atoms with Crippen LogP contribution in [0.2, 0.25) is 0 Å². The van der Waals surface area contributed by atoms with Gasteiger partial charge in [0.1, 0.15) is 5.69 Å². The molecule has 0 aliphatic heterocycles. The van der Waals surface area contributed by atoms with Crippen LogP contribution in [0.5, 0.6) is 0 Å². The third kappa shape index (κ3) is 1.57. The van der Waals surface area contributed by atoms with Crippen molar-refractivity contribution in [1.82, 2.24) is 0 Å². The molecule has 12 heavy (non-hydrogen) atoms. The standard InChI is InChI=1S/C7H6N2O3/c10-5-8-6-3-1-2-4-7(6)9(11)12/h1-5H,(H,8,10). The molecule has 0 aliphatic rings. The van der Waals surface area contributed by atoms with Gasteiger partial charge in [-0.2, -0.15) is 0 Å². The van der Waals surface area contributed by atoms with E-state index in [4.69, 9.17) is 0 Å². The molecule has 1 N–H and O–H groups in total. The highest BCUT2D eigenvalue weighted by molar-refractivity contribution is 5.77. The number of hydrogen-bond acceptors (Lipinski definition) is 3. The number of hydrogen-bond donors (Lipinski definition) is 1. The van der Waals surface area contributed by atoms with Crippen molar-refractivity contribution in [2.75, 3.05) is 5.32 Å². The smallest absolute Gasteiger partial charge is 0.292 e. The quantitative estimate of drug-likeness (QED) is 0.416. The number of nitro benzene ring substituents is 1. The minimum Gasteiger partial charge on any atom is -0.323 e. The topological polar surface area (TPSA) is 72.2 Å². The lowest BCUT2D eigenvalue weighted by Gasteiger charge is -1.98. The highest BCUT2D eigenvalue weighted by Crippen LogP contribution is 2.21. The van der Waals surface area contributed by atoms with Crippen LogP contribution in [-0.4, -0.2) is 11.3 Å². The van der Waals surface area contributed by atoms with Crippen LogP contribution in [0.15, 0.2) is 24.3 Å². The molecule has 0 unspecified atom stereocenters. The Morgan fingerprint density at radius 3 is 2.67 bits per heavy atom. The lowest BCUT2D eigenvalue weighted by molar-refractivity contribution is -0.383. The van der Waals surface area contributed by atoms with Crippen LogP contribution in [-0.2, 0) is 4.79 Å². The van der Waals surface area contributed by atoms with Gasteiger partial charge in [0.15, 0.2) is 0 Å². The van der Waals surface area contributed by atoms with E-state index in [1.54, 1.807) is 6.07 Å². The molecular formula is C7H6N2O3. The highest BCUT2D eigenvalue weighted by atomic mass is 16.6. The summed E-state index contributed by atoms with van der Waals surface area (Å²) >= 11 is 0. The molecule has 5 nitrogen and oxygen atoms in total. The Kier molecular flexibility index (Phi) is 2.37. The molecule has 0 fully saturated rings. The van der Waals surface area contributed by atoms with Gasteiger partial charge in [0.05, 0.1) is 4.92 Å². The lowest BCUT2D eigenvalue weighted by atomic mass is 10.3. The van der Waals surface area contributed by atoms with Gasteiger partial charge in [-0.3, -0.25) is 14.9 Å². The van der Waals surface area contributed by atoms with E-state index < -0.39 is 4.92 Å². The molecule has 0 saturated carbocycles. The summed E-state index contributed by atoms with van der Waals surface area (Å²) in [5.41, 5.74) is 0.0992. The predicted molar refractivity (Wildman–Crippen MR) is 42.8 cm³/mol. The number of nitrogens with zero attached hydrogens (tertiary/aromatic N) is 1. The summed E-state index contributed by atoms with van der Waals surface area (Å²) < 4.78 is 0. The third-order valence-corrected chi connectivity index (χ3v) is 1.32. The number of nitro groups is 1. The maximum atomic E-state index is 10.3. The fraction of sp³-hybridized carbons (Fsp3) is 0. The molecule has 1 amide bonds. The van der Waals surface area contributed by atoms with Gasteiger partial charge < -0.3 is 5.32 Å². The number of para-hydroxylation sites is 2. The van der Waals surface area contributed by atoms with E-state index in [1.807, 2.05) is 0 Å². The summed E-state index contributed by atoms with van der Waals surface area (Å²) in [4.78, 5) is 19.8. The van der Waals surface area contributed by atoms with E-state index >= 15 is 0 Å². The van der Waals surface area contributed by atoms with Gasteiger partial charge in [-0.1, -0.05) is 12.1 Å². The number of rotatable bonds is 3. The monoisotopic (exact) mass is 166 g/mol. The Labute approximate surface area is 68.2 Å². The molecule has 1 rings (SSSR count). The Balaban J connectivity index is 3.07. The van der Waals surface area contributed by atoms with Gasteiger partial charge in [-0.25, -0.2) is 0 Å². The van der Waals surface area contributed by atoms with Crippen molar-refractivity contribution in [2.45, 2.75) is 0 Å². The van der Waals surface area contributed by atoms with Crippen LogP contribution in [0.4, 0.5) is 11.4 Å². The van der Waals surface area contributed by atoms with E-state index in [1.165, 1.54) is 18.2 Å². The van der Waals surface area contributed by atoms with Crippen LogP contribution in [0.3, 0.4) is 0 Å². The Bertz CT molecular complexity index is 311. The summed E-state index contributed by atoms with van der Waals surface area (Å²) in [5.74, 6) is 0. The van der Waals surface area contributed by atoms with Crippen LogP contribution >= 0.6 is 0 Å². The first kappa shape index (κ1) is 8.19. The van der Waals surface area contributed by atoms with Crippen LogP contribution in [0.1, 0.15) is 0 Å². The van der Waals surface area contributed by atoms with Crippen molar-refractivity contribution < 1.29 is 9.72 Å². The SMILES string of the molecule is O=CNc1ccccc1[N+](=O)[O-]. The van der Waals surface area contributed by atoms with Gasteiger partial charge in [-0.05, 0) is 6.07 Å². The Morgan fingerprint density at radius 2 is 2.08 bits per heavy atom. The van der Waals surface area contributed by atoms with Crippen molar-refractivity contribution >= 4 is 17.8 Å². The molecule has 62 valence electrons. The number of amides is 1. The largest absolute Gasteiger partial charge is 0.323 e. The van der Waals surface area contributed by atoms with E-state index in [0.29, 0.717) is 6.41 Å². The van der Waals surface area contributed by atoms with Crippen molar-refractivity contribution in [3.05, 3.63) is 34.4 Å². The fourth-order valence-corrected chi connectivity index (χ4v) is 0.818. The average molecular weight is 166 g/mol. The zero-order chi connectivity index (χ0) is 8.97. The average Bonchev–Trinajstić information content (AvgIpc) is 2.05. The summed E-state index contributed by atoms with van der Waals surface area (Å²) in [6, 6.07) is 5.94. The molecule has 0 bridgehead atoms. The van der Waals surface area contributed by atoms with Crippen molar-refractivity contribution in [2.24, 2.45) is 0 Å². The molecule has 1 aromatic carbocycles. The second-order valence-electron chi connectivity index (χ2n) is 2.04. The summed E-state index contributed by atoms with van der Waals surface area (Å²) in [6.07, 6.45) is 0.405. The van der Waals surface area contributed by atoms with Gasteiger partial charge in [0.25, 0.3) is 5.69 Å². The third-order valence-electron chi connectivity index (χ3n) is 1.32. The first-order valence-electron chi connectivity index (χ1n) is 3.19. The molecule has 1 aromatic rings. The van der Waals surface area contributed by atoms with Gasteiger partial charge >= 0.3 is 0 Å². The van der Waals surface area contributed by atoms with Crippen LogP contribution in [0, 0.1) is 10.1 Å². The predicted octanol–water partition coefficient (Wildman–Crippen LogP) is 1.16. The molecule has 5 heteroatoms. The van der Waals surface area contributed by atoms with Crippen molar-refractivity contribution in [3.8, 4) is 0 Å². The molecule has 0 aliphatic carbocycles. The minimum absolute atomic E-state index is 0.107. The Hall–Kier alpha value is -1.91. The van der Waals surface area contributed by atoms with E-state index in [2.05, 4.69) is 5.32 Å². The van der Waals surface area contributed by atoms with Crippen molar-refractivity contribution in [3.63, 3.8) is 0 Å². The molecule has 0 atom stereocenters. The maximum absolute atomic E-state index is 10.3. The molecular weight excluding hydrogens is 160 g/mol. The molecule has 0 spiro atoms. The number of nitrogens with one attached hydrogen (secondary N) is 1. The van der Waals surface area contributed by atoms with Gasteiger partial charge in [0.2, 0.25) is 6.41 Å². The minimum atomic E-state index is -0.550.